The maximum atomic E-state index is 12.4. The molecular weight excluding hydrogens is 282 g/mol. The van der Waals surface area contributed by atoms with Crippen LogP contribution in [0.2, 0.25) is 0 Å². The summed E-state index contributed by atoms with van der Waals surface area (Å²) in [5.41, 5.74) is 0.382. The highest BCUT2D eigenvalue weighted by atomic mass is 16.5. The molecule has 0 spiro atoms. The van der Waals surface area contributed by atoms with Crippen molar-refractivity contribution in [3.05, 3.63) is 35.9 Å². The maximum absolute atomic E-state index is 12.4. The fraction of sp³-hybridized carbons (Fsp3) is 0.529. The summed E-state index contributed by atoms with van der Waals surface area (Å²) >= 11 is 0. The molecule has 0 bridgehead atoms. The summed E-state index contributed by atoms with van der Waals surface area (Å²) in [6, 6.07) is 9.92. The van der Waals surface area contributed by atoms with Gasteiger partial charge in [-0.1, -0.05) is 37.3 Å². The molecule has 0 aromatic heterocycles. The fourth-order valence-corrected chi connectivity index (χ4v) is 2.97. The van der Waals surface area contributed by atoms with E-state index in [1.807, 2.05) is 30.3 Å². The van der Waals surface area contributed by atoms with Crippen molar-refractivity contribution in [3.8, 4) is 0 Å². The van der Waals surface area contributed by atoms with Crippen molar-refractivity contribution in [1.82, 2.24) is 5.32 Å². The number of rotatable bonds is 7. The molecule has 5 nitrogen and oxygen atoms in total. The third-order valence-electron chi connectivity index (χ3n) is 4.19. The lowest BCUT2D eigenvalue weighted by atomic mass is 9.90. The number of hydrogen-bond acceptors (Lipinski definition) is 3. The molecular formula is C17H23NO4. The number of nitrogens with one attached hydrogen (secondary N) is 1. The minimum atomic E-state index is -0.916. The summed E-state index contributed by atoms with van der Waals surface area (Å²) in [6.45, 7) is 2.81. The van der Waals surface area contributed by atoms with Crippen LogP contribution in [0.3, 0.4) is 0 Å². The second kappa shape index (κ2) is 7.40. The van der Waals surface area contributed by atoms with Crippen LogP contribution in [0.1, 0.15) is 44.1 Å². The van der Waals surface area contributed by atoms with E-state index < -0.39 is 11.5 Å². The van der Waals surface area contributed by atoms with Gasteiger partial charge in [-0.05, 0) is 24.3 Å². The first-order valence-corrected chi connectivity index (χ1v) is 7.70. The largest absolute Gasteiger partial charge is 0.481 e. The van der Waals surface area contributed by atoms with Crippen LogP contribution in [0.25, 0.3) is 0 Å². The van der Waals surface area contributed by atoms with E-state index in [9.17, 15) is 9.59 Å². The highest BCUT2D eigenvalue weighted by Crippen LogP contribution is 2.26. The van der Waals surface area contributed by atoms with Crippen molar-refractivity contribution in [2.45, 2.75) is 44.1 Å². The summed E-state index contributed by atoms with van der Waals surface area (Å²) in [6.07, 6.45) is 1.68. The van der Waals surface area contributed by atoms with Crippen LogP contribution in [-0.2, 0) is 14.3 Å². The molecule has 2 rings (SSSR count). The molecule has 1 fully saturated rings. The van der Waals surface area contributed by atoms with Crippen LogP contribution in [0.4, 0.5) is 0 Å². The van der Waals surface area contributed by atoms with Crippen molar-refractivity contribution in [2.75, 3.05) is 13.2 Å². The highest BCUT2D eigenvalue weighted by Gasteiger charge is 2.38. The molecule has 5 heteroatoms. The van der Waals surface area contributed by atoms with E-state index in [0.717, 1.165) is 12.0 Å². The van der Waals surface area contributed by atoms with Gasteiger partial charge >= 0.3 is 5.97 Å². The summed E-state index contributed by atoms with van der Waals surface area (Å²) < 4.78 is 5.30. The number of aliphatic carboxylic acids is 1. The average molecular weight is 305 g/mol. The zero-order chi connectivity index (χ0) is 16.0. The lowest BCUT2D eigenvalue weighted by Gasteiger charge is -2.28. The van der Waals surface area contributed by atoms with Gasteiger partial charge in [-0.3, -0.25) is 9.59 Å². The molecule has 1 aliphatic rings. The van der Waals surface area contributed by atoms with Crippen molar-refractivity contribution in [1.29, 1.82) is 0 Å². The molecule has 2 atom stereocenters. The normalized spacial score (nSPS) is 22.2. The Kier molecular flexibility index (Phi) is 5.55. The Morgan fingerprint density at radius 3 is 2.64 bits per heavy atom. The van der Waals surface area contributed by atoms with Gasteiger partial charge in [0.25, 0.3) is 0 Å². The SMILES string of the molecule is CCC(CC(=O)NC1(CC(=O)O)CCOC1)c1ccccc1. The number of carbonyl (C=O) groups is 2. The molecule has 2 N–H and O–H groups in total. The number of ether oxygens (including phenoxy) is 1. The Morgan fingerprint density at radius 1 is 1.36 bits per heavy atom. The molecule has 1 heterocycles. The van der Waals surface area contributed by atoms with E-state index in [-0.39, 0.29) is 24.9 Å². The molecule has 1 aromatic rings. The maximum Gasteiger partial charge on any atom is 0.305 e. The zero-order valence-corrected chi connectivity index (χ0v) is 12.9. The first-order valence-electron chi connectivity index (χ1n) is 7.70. The van der Waals surface area contributed by atoms with E-state index in [0.29, 0.717) is 19.4 Å². The van der Waals surface area contributed by atoms with Crippen LogP contribution in [-0.4, -0.2) is 35.7 Å². The van der Waals surface area contributed by atoms with Gasteiger partial charge in [0.2, 0.25) is 5.91 Å². The van der Waals surface area contributed by atoms with Gasteiger partial charge in [-0.15, -0.1) is 0 Å². The van der Waals surface area contributed by atoms with Crippen LogP contribution in [0.15, 0.2) is 30.3 Å². The highest BCUT2D eigenvalue weighted by molar-refractivity contribution is 5.79. The topological polar surface area (TPSA) is 75.6 Å². The first-order chi connectivity index (χ1) is 10.5. The first kappa shape index (κ1) is 16.5. The van der Waals surface area contributed by atoms with Gasteiger partial charge in [0, 0.05) is 13.0 Å². The molecule has 1 saturated heterocycles. The molecule has 0 saturated carbocycles. The average Bonchev–Trinajstić information content (AvgIpc) is 2.92. The lowest BCUT2D eigenvalue weighted by Crippen LogP contribution is -2.50. The lowest BCUT2D eigenvalue weighted by molar-refractivity contribution is -0.139. The Labute approximate surface area is 130 Å². The van der Waals surface area contributed by atoms with Crippen LogP contribution in [0.5, 0.6) is 0 Å². The summed E-state index contributed by atoms with van der Waals surface area (Å²) in [5, 5.41) is 12.0. The number of carbonyl (C=O) groups excluding carboxylic acids is 1. The van der Waals surface area contributed by atoms with Gasteiger partial charge in [0.15, 0.2) is 0 Å². The van der Waals surface area contributed by atoms with Gasteiger partial charge in [0.1, 0.15) is 0 Å². The molecule has 120 valence electrons. The van der Waals surface area contributed by atoms with Crippen LogP contribution < -0.4 is 5.32 Å². The fourth-order valence-electron chi connectivity index (χ4n) is 2.97. The predicted molar refractivity (Wildman–Crippen MR) is 82.7 cm³/mol. The Hall–Kier alpha value is -1.88. The second-order valence-corrected chi connectivity index (χ2v) is 5.92. The van der Waals surface area contributed by atoms with Crippen molar-refractivity contribution in [3.63, 3.8) is 0 Å². The number of carboxylic acids is 1. The van der Waals surface area contributed by atoms with Crippen molar-refractivity contribution < 1.29 is 19.4 Å². The number of benzene rings is 1. The summed E-state index contributed by atoms with van der Waals surface area (Å²) in [5.74, 6) is -0.881. The van der Waals surface area contributed by atoms with Gasteiger partial charge < -0.3 is 15.2 Å². The van der Waals surface area contributed by atoms with Gasteiger partial charge in [0.05, 0.1) is 18.6 Å². The van der Waals surface area contributed by atoms with E-state index in [2.05, 4.69) is 12.2 Å². The zero-order valence-electron chi connectivity index (χ0n) is 12.9. The van der Waals surface area contributed by atoms with E-state index in [1.165, 1.54) is 0 Å². The minimum Gasteiger partial charge on any atom is -0.481 e. The van der Waals surface area contributed by atoms with Crippen LogP contribution in [0, 0.1) is 0 Å². The Balaban J connectivity index is 2.00. The molecule has 0 aliphatic carbocycles. The number of carboxylic acid groups (broad SMARTS) is 1. The standard InChI is InChI=1S/C17H23NO4/c1-2-13(14-6-4-3-5-7-14)10-15(19)18-17(11-16(20)21)8-9-22-12-17/h3-7,13H,2,8-12H2,1H3,(H,18,19)(H,20,21). The van der Waals surface area contributed by atoms with Crippen molar-refractivity contribution in [2.24, 2.45) is 0 Å². The molecule has 1 aliphatic heterocycles. The minimum absolute atomic E-state index is 0.0964. The van der Waals surface area contributed by atoms with Gasteiger partial charge in [-0.25, -0.2) is 0 Å². The van der Waals surface area contributed by atoms with E-state index in [1.54, 1.807) is 0 Å². The Bertz CT molecular complexity index is 509. The smallest absolute Gasteiger partial charge is 0.305 e. The van der Waals surface area contributed by atoms with E-state index >= 15 is 0 Å². The quantitative estimate of drug-likeness (QED) is 0.810. The third kappa shape index (κ3) is 4.31. The number of hydrogen-bond donors (Lipinski definition) is 2. The monoisotopic (exact) mass is 305 g/mol. The van der Waals surface area contributed by atoms with Gasteiger partial charge in [-0.2, -0.15) is 0 Å². The molecule has 1 aromatic carbocycles. The molecule has 0 radical (unpaired) electrons. The van der Waals surface area contributed by atoms with Crippen LogP contribution >= 0.6 is 0 Å². The summed E-state index contributed by atoms with van der Waals surface area (Å²) in [4.78, 5) is 23.4. The molecule has 2 unspecified atom stereocenters. The summed E-state index contributed by atoms with van der Waals surface area (Å²) in [7, 11) is 0. The number of amides is 1. The Morgan fingerprint density at radius 2 is 2.09 bits per heavy atom. The molecule has 22 heavy (non-hydrogen) atoms. The van der Waals surface area contributed by atoms with Crippen molar-refractivity contribution >= 4 is 11.9 Å². The predicted octanol–water partition coefficient (Wildman–Crippen LogP) is 2.32. The second-order valence-electron chi connectivity index (χ2n) is 5.92. The third-order valence-corrected chi connectivity index (χ3v) is 4.19. The molecule has 1 amide bonds. The van der Waals surface area contributed by atoms with E-state index in [4.69, 9.17) is 9.84 Å².